The molecule has 1 fully saturated rings. The molecule has 0 nitrogen and oxygen atoms in total. The SMILES string of the molecule is CCCCCC[Si]1(CCCCCC)C2=Cc3c(-c4cc(C(C)(C)C)cc(C(C)(C)C)c4)cccc3[CH]2[Hf]([CH3])([CH3])[CH]2C1=Cc1c(-c3cc(C(C)(C)C)cc(C(C)(C)C)c3)cccc12. The first kappa shape index (κ1) is 47.4. The molecule has 4 aromatic carbocycles. The van der Waals surface area contributed by atoms with E-state index in [1.807, 2.05) is 10.4 Å². The zero-order valence-electron chi connectivity index (χ0n) is 42.3. The summed E-state index contributed by atoms with van der Waals surface area (Å²) in [6, 6.07) is 33.1. The first-order valence-corrected chi connectivity index (χ1v) is 38.7. The summed E-state index contributed by atoms with van der Waals surface area (Å²) in [4.78, 5) is 0. The molecule has 2 aliphatic carbocycles. The van der Waals surface area contributed by atoms with Gasteiger partial charge in [0.25, 0.3) is 0 Å². The first-order chi connectivity index (χ1) is 28.9. The van der Waals surface area contributed by atoms with Crippen LogP contribution in [0.4, 0.5) is 0 Å². The molecule has 1 saturated heterocycles. The van der Waals surface area contributed by atoms with Crippen molar-refractivity contribution < 1.29 is 20.0 Å². The second-order valence-electron chi connectivity index (χ2n) is 24.8. The minimum atomic E-state index is -3.31. The number of hydrogen-bond acceptors (Lipinski definition) is 0. The van der Waals surface area contributed by atoms with Gasteiger partial charge in [0.1, 0.15) is 0 Å². The van der Waals surface area contributed by atoms with Gasteiger partial charge in [-0.2, -0.15) is 0 Å². The van der Waals surface area contributed by atoms with E-state index in [0.29, 0.717) is 7.35 Å². The van der Waals surface area contributed by atoms with Crippen LogP contribution in [0.25, 0.3) is 34.4 Å². The van der Waals surface area contributed by atoms with Crippen molar-refractivity contribution in [3.05, 3.63) is 128 Å². The molecule has 0 aromatic heterocycles. The zero-order chi connectivity index (χ0) is 45.2. The van der Waals surface area contributed by atoms with Gasteiger partial charge in [0.2, 0.25) is 0 Å². The van der Waals surface area contributed by atoms with E-state index in [0.717, 1.165) is 0 Å². The van der Waals surface area contributed by atoms with Crippen molar-refractivity contribution in [1.82, 2.24) is 0 Å². The maximum absolute atomic E-state index is 3.31. The predicted octanol–water partition coefficient (Wildman–Crippen LogP) is 18.7. The Morgan fingerprint density at radius 1 is 0.452 bits per heavy atom. The molecule has 7 rings (SSSR count). The van der Waals surface area contributed by atoms with Gasteiger partial charge in [-0.1, -0.05) is 0 Å². The van der Waals surface area contributed by atoms with Gasteiger partial charge < -0.3 is 0 Å². The Morgan fingerprint density at radius 3 is 1.10 bits per heavy atom. The monoisotopic (exact) mass is 1010 g/mol. The third-order valence-electron chi connectivity index (χ3n) is 15.6. The van der Waals surface area contributed by atoms with Crippen LogP contribution in [0.3, 0.4) is 0 Å². The number of rotatable bonds is 12. The van der Waals surface area contributed by atoms with E-state index in [-0.39, 0.29) is 21.7 Å². The third kappa shape index (κ3) is 8.90. The van der Waals surface area contributed by atoms with Gasteiger partial charge in [-0.25, -0.2) is 0 Å². The Balaban J connectivity index is 1.50. The van der Waals surface area contributed by atoms with Crippen LogP contribution in [0.2, 0.25) is 21.4 Å². The molecule has 2 heteroatoms. The zero-order valence-corrected chi connectivity index (χ0v) is 46.9. The molecule has 1 heterocycles. The van der Waals surface area contributed by atoms with Crippen molar-refractivity contribution in [2.24, 2.45) is 0 Å². The Bertz CT molecular complexity index is 2120. The average Bonchev–Trinajstić information content (AvgIpc) is 3.80. The van der Waals surface area contributed by atoms with Gasteiger partial charge in [0, 0.05) is 0 Å². The van der Waals surface area contributed by atoms with Gasteiger partial charge in [0.05, 0.1) is 0 Å². The van der Waals surface area contributed by atoms with Crippen molar-refractivity contribution in [2.45, 2.75) is 199 Å². The second-order valence-corrected chi connectivity index (χ2v) is 46.4. The summed E-state index contributed by atoms with van der Waals surface area (Å²) in [5.74, 6) is 0. The molecule has 332 valence electrons. The third-order valence-corrected chi connectivity index (χ3v) is 38.3. The fourth-order valence-corrected chi connectivity index (χ4v) is 44.7. The number of benzene rings is 4. The Labute approximate surface area is 386 Å². The van der Waals surface area contributed by atoms with Crippen LogP contribution in [0.5, 0.6) is 0 Å². The quantitative estimate of drug-likeness (QED) is 0.0980. The molecule has 0 N–H and O–H groups in total. The molecule has 0 saturated carbocycles. The molecule has 0 bridgehead atoms. The normalized spacial score (nSPS) is 19.1. The molecule has 0 radical (unpaired) electrons. The summed E-state index contributed by atoms with van der Waals surface area (Å²) in [5.41, 5.74) is 18.4. The molecule has 2 atom stereocenters. The minimum absolute atomic E-state index is 0.0804. The topological polar surface area (TPSA) is 0 Å². The summed E-state index contributed by atoms with van der Waals surface area (Å²) < 4.78 is 7.05. The van der Waals surface area contributed by atoms with Crippen LogP contribution in [0, 0.1) is 0 Å². The molecular weight excluding hydrogens is 927 g/mol. The van der Waals surface area contributed by atoms with Crippen molar-refractivity contribution in [3.63, 3.8) is 0 Å². The van der Waals surface area contributed by atoms with Crippen LogP contribution in [-0.4, -0.2) is 8.07 Å². The number of allylic oxidation sites excluding steroid dienone is 2. The Morgan fingerprint density at radius 2 is 0.790 bits per heavy atom. The van der Waals surface area contributed by atoms with Crippen LogP contribution in [0.1, 0.15) is 200 Å². The molecule has 0 amide bonds. The number of unbranched alkanes of at least 4 members (excludes halogenated alkanes) is 6. The maximum atomic E-state index is 2.90. The predicted molar refractivity (Wildman–Crippen MR) is 275 cm³/mol. The molecule has 4 aromatic rings. The fraction of sp³-hybridized carbons (Fsp3) is 0.533. The van der Waals surface area contributed by atoms with Crippen molar-refractivity contribution >= 4 is 20.2 Å². The van der Waals surface area contributed by atoms with E-state index < -0.39 is 28.0 Å². The second kappa shape index (κ2) is 17.3. The van der Waals surface area contributed by atoms with Gasteiger partial charge in [-0.05, 0) is 0 Å². The molecular formula is C60H84HfSi. The standard InChI is InChI=1S/C58H78Si.2CH3.Hf/c1-15-17-19-21-29-59(30-22-20-18-16-2,49-35-41-25-23-27-51(53(41)39-49)43-31-45(55(3,4)5)37-46(32-43)56(6,7)8)50-36-42-26-24-28-52(54(42)40-50)44-33-47(57(9,10)11)38-48(34-44)58(12,13)14;;;/h23-28,31-40H,15-22,29-30H2,1-14H3;2*1H3;. The number of hydrogen-bond donors (Lipinski definition) is 0. The summed E-state index contributed by atoms with van der Waals surface area (Å²) in [6.07, 6.45) is 16.6. The van der Waals surface area contributed by atoms with Crippen molar-refractivity contribution in [1.29, 1.82) is 0 Å². The van der Waals surface area contributed by atoms with Crippen molar-refractivity contribution in [2.75, 3.05) is 0 Å². The van der Waals surface area contributed by atoms with Gasteiger partial charge in [-0.3, -0.25) is 0 Å². The van der Waals surface area contributed by atoms with E-state index >= 15 is 0 Å². The van der Waals surface area contributed by atoms with E-state index in [9.17, 15) is 0 Å². The molecule has 3 aliphatic rings. The summed E-state index contributed by atoms with van der Waals surface area (Å²) in [6.45, 7) is 33.4. The van der Waals surface area contributed by atoms with Crippen LogP contribution in [0.15, 0.2) is 83.2 Å². The molecule has 2 unspecified atom stereocenters. The van der Waals surface area contributed by atoms with Gasteiger partial charge in [-0.15, -0.1) is 0 Å². The summed E-state index contributed by atoms with van der Waals surface area (Å²) in [7, 11) is -2.16. The van der Waals surface area contributed by atoms with Gasteiger partial charge >= 0.3 is 389 Å². The first-order valence-electron chi connectivity index (χ1n) is 25.0. The van der Waals surface area contributed by atoms with Crippen LogP contribution < -0.4 is 0 Å². The Hall–Kier alpha value is -2.55. The molecule has 62 heavy (non-hydrogen) atoms. The van der Waals surface area contributed by atoms with E-state index in [4.69, 9.17) is 0 Å². The van der Waals surface area contributed by atoms with E-state index in [1.54, 1.807) is 22.3 Å². The van der Waals surface area contributed by atoms with Gasteiger partial charge in [0.15, 0.2) is 0 Å². The van der Waals surface area contributed by atoms with Crippen molar-refractivity contribution in [3.8, 4) is 22.3 Å². The molecule has 0 spiro atoms. The fourth-order valence-electron chi connectivity index (χ4n) is 11.8. The summed E-state index contributed by atoms with van der Waals surface area (Å²) >= 11 is -3.31. The van der Waals surface area contributed by atoms with Crippen LogP contribution >= 0.6 is 0 Å². The summed E-state index contributed by atoms with van der Waals surface area (Å²) in [5, 5.41) is 3.92. The Kier molecular flexibility index (Phi) is 13.3. The van der Waals surface area contributed by atoms with Crippen LogP contribution in [-0.2, 0) is 41.6 Å². The number of fused-ring (bicyclic) bond motifs is 6. The van der Waals surface area contributed by atoms with E-state index in [1.165, 1.54) is 108 Å². The van der Waals surface area contributed by atoms with E-state index in [2.05, 4.69) is 191 Å². The average molecular weight is 1010 g/mol. The molecule has 1 aliphatic heterocycles.